The van der Waals surface area contributed by atoms with E-state index in [-0.39, 0.29) is 0 Å². The first-order valence-corrected chi connectivity index (χ1v) is 5.95. The minimum atomic E-state index is 0.385. The Morgan fingerprint density at radius 3 is 3.07 bits per heavy atom. The molecule has 3 atom stereocenters. The second-order valence-corrected chi connectivity index (χ2v) is 4.76. The highest BCUT2D eigenvalue weighted by Crippen LogP contribution is 2.42. The smallest absolute Gasteiger partial charge is 0.149 e. The lowest BCUT2D eigenvalue weighted by molar-refractivity contribution is 0.132. The largest absolute Gasteiger partial charge is 0.345 e. The third kappa shape index (κ3) is 1.67. The number of nitrogens with zero attached hydrogens (tertiary/aromatic N) is 2. The van der Waals surface area contributed by atoms with Crippen LogP contribution < -0.4 is 5.32 Å². The molecule has 1 aromatic heterocycles. The van der Waals surface area contributed by atoms with Crippen LogP contribution in [0.25, 0.3) is 0 Å². The van der Waals surface area contributed by atoms with Crippen molar-refractivity contribution in [1.29, 1.82) is 0 Å². The topological polar surface area (TPSA) is 51.0 Å². The summed E-state index contributed by atoms with van der Waals surface area (Å²) in [4.78, 5) is 0. The number of aromatic nitrogens is 2. The molecule has 15 heavy (non-hydrogen) atoms. The van der Waals surface area contributed by atoms with E-state index >= 15 is 0 Å². The molecule has 1 aliphatic heterocycles. The molecule has 1 N–H and O–H groups in total. The predicted molar refractivity (Wildman–Crippen MR) is 55.1 cm³/mol. The summed E-state index contributed by atoms with van der Waals surface area (Å²) in [5, 5.41) is 11.2. The fourth-order valence-electron chi connectivity index (χ4n) is 3.24. The van der Waals surface area contributed by atoms with Gasteiger partial charge < -0.3 is 9.84 Å². The molecular weight excluding hydrogens is 190 g/mol. The van der Waals surface area contributed by atoms with Crippen LogP contribution in [0.15, 0.2) is 10.8 Å². The molecule has 2 fully saturated rings. The molecule has 2 heterocycles. The second-order valence-electron chi connectivity index (χ2n) is 4.76. The van der Waals surface area contributed by atoms with Gasteiger partial charge in [0.25, 0.3) is 0 Å². The molecule has 1 aromatic rings. The monoisotopic (exact) mass is 207 g/mol. The molecule has 3 unspecified atom stereocenters. The van der Waals surface area contributed by atoms with Crippen molar-refractivity contribution in [3.05, 3.63) is 12.0 Å². The van der Waals surface area contributed by atoms with Crippen LogP contribution >= 0.6 is 0 Å². The van der Waals surface area contributed by atoms with Gasteiger partial charge in [-0.25, -0.2) is 0 Å². The van der Waals surface area contributed by atoms with Gasteiger partial charge in [0.05, 0.1) is 6.04 Å². The third-order valence-electron chi connectivity index (χ3n) is 3.97. The van der Waals surface area contributed by atoms with Crippen molar-refractivity contribution in [2.75, 3.05) is 6.54 Å². The minimum absolute atomic E-state index is 0.385. The second kappa shape index (κ2) is 3.93. The number of hydrogen-bond donors (Lipinski definition) is 1. The van der Waals surface area contributed by atoms with Gasteiger partial charge in [0, 0.05) is 5.27 Å². The summed E-state index contributed by atoms with van der Waals surface area (Å²) in [6.45, 7) is 1.11. The van der Waals surface area contributed by atoms with E-state index in [1.807, 2.05) is 0 Å². The fraction of sp³-hybridized carbons (Fsp3) is 0.818. The molecule has 0 aromatic carbocycles. The van der Waals surface area contributed by atoms with Crippen molar-refractivity contribution in [2.24, 2.45) is 11.8 Å². The highest BCUT2D eigenvalue weighted by atomic mass is 16.5. The van der Waals surface area contributed by atoms with Crippen LogP contribution in [0.2, 0.25) is 0 Å². The first-order valence-electron chi connectivity index (χ1n) is 5.95. The van der Waals surface area contributed by atoms with Gasteiger partial charge in [0.15, 0.2) is 0 Å². The first kappa shape index (κ1) is 9.33. The van der Waals surface area contributed by atoms with E-state index in [0.29, 0.717) is 6.04 Å². The van der Waals surface area contributed by atoms with Crippen LogP contribution in [0.5, 0.6) is 0 Å². The summed E-state index contributed by atoms with van der Waals surface area (Å²) >= 11 is 0. The van der Waals surface area contributed by atoms with E-state index in [4.69, 9.17) is 4.52 Å². The Bertz CT molecular complexity index is 310. The molecule has 3 rings (SSSR count). The number of hydrogen-bond acceptors (Lipinski definition) is 4. The molecule has 1 saturated carbocycles. The van der Waals surface area contributed by atoms with Crippen LogP contribution in [-0.4, -0.2) is 16.9 Å². The van der Waals surface area contributed by atoms with Gasteiger partial charge in [0.2, 0.25) is 0 Å². The summed E-state index contributed by atoms with van der Waals surface area (Å²) in [6, 6.07) is 0.385. The average molecular weight is 207 g/mol. The maximum Gasteiger partial charge on any atom is 0.149 e. The van der Waals surface area contributed by atoms with Crippen LogP contribution in [0, 0.1) is 11.8 Å². The van der Waals surface area contributed by atoms with Crippen molar-refractivity contribution in [2.45, 2.75) is 38.1 Å². The van der Waals surface area contributed by atoms with E-state index in [1.54, 1.807) is 6.26 Å². The Balaban J connectivity index is 1.82. The van der Waals surface area contributed by atoms with Crippen molar-refractivity contribution >= 4 is 0 Å². The quantitative estimate of drug-likeness (QED) is 0.764. The molecule has 4 nitrogen and oxygen atoms in total. The molecule has 0 radical (unpaired) electrons. The van der Waals surface area contributed by atoms with Crippen molar-refractivity contribution in [1.82, 2.24) is 15.7 Å². The lowest BCUT2D eigenvalue weighted by Gasteiger charge is -2.41. The molecule has 1 aliphatic carbocycles. The van der Waals surface area contributed by atoms with Gasteiger partial charge in [-0.1, -0.05) is 19.3 Å². The molecular formula is C11H17N3O. The van der Waals surface area contributed by atoms with E-state index in [0.717, 1.165) is 24.1 Å². The summed E-state index contributed by atoms with van der Waals surface area (Å²) in [7, 11) is 0. The van der Waals surface area contributed by atoms with Gasteiger partial charge in [-0.3, -0.25) is 0 Å². The maximum absolute atomic E-state index is 4.85. The van der Waals surface area contributed by atoms with Crippen LogP contribution in [0.3, 0.4) is 0 Å². The van der Waals surface area contributed by atoms with Crippen molar-refractivity contribution < 1.29 is 4.52 Å². The van der Waals surface area contributed by atoms with Gasteiger partial charge in [0.1, 0.15) is 12.0 Å². The van der Waals surface area contributed by atoms with Crippen LogP contribution in [0.1, 0.15) is 43.8 Å². The highest BCUT2D eigenvalue weighted by Gasteiger charge is 2.36. The normalized spacial score (nSPS) is 36.1. The molecule has 0 spiro atoms. The van der Waals surface area contributed by atoms with Gasteiger partial charge >= 0.3 is 0 Å². The number of piperidine rings is 1. The number of rotatable bonds is 1. The number of fused-ring (bicyclic) bond motifs is 1. The third-order valence-corrected chi connectivity index (χ3v) is 3.97. The molecule has 0 amide bonds. The van der Waals surface area contributed by atoms with Gasteiger partial charge in [-0.05, 0) is 31.2 Å². The van der Waals surface area contributed by atoms with E-state index < -0.39 is 0 Å². The zero-order chi connectivity index (χ0) is 10.1. The summed E-state index contributed by atoms with van der Waals surface area (Å²) in [5.74, 6) is 1.64. The first-order chi connectivity index (χ1) is 7.45. The molecule has 0 bridgehead atoms. The minimum Gasteiger partial charge on any atom is -0.345 e. The average Bonchev–Trinajstić information content (AvgIpc) is 2.82. The maximum atomic E-state index is 4.85. The predicted octanol–water partition coefficient (Wildman–Crippen LogP) is 1.91. The highest BCUT2D eigenvalue weighted by molar-refractivity contribution is 5.04. The van der Waals surface area contributed by atoms with Crippen LogP contribution in [0.4, 0.5) is 0 Å². The van der Waals surface area contributed by atoms with Gasteiger partial charge in [-0.15, -0.1) is 5.10 Å². The fourth-order valence-corrected chi connectivity index (χ4v) is 3.24. The molecule has 1 saturated heterocycles. The Kier molecular flexibility index (Phi) is 2.44. The SMILES string of the molecule is c1onnc1C1NCCC2CCCCC21. The summed E-state index contributed by atoms with van der Waals surface area (Å²) in [6.07, 6.45) is 8.51. The lowest BCUT2D eigenvalue weighted by atomic mass is 9.71. The zero-order valence-corrected chi connectivity index (χ0v) is 8.85. The Morgan fingerprint density at radius 2 is 2.20 bits per heavy atom. The summed E-state index contributed by atoms with van der Waals surface area (Å²) < 4.78 is 4.85. The molecule has 4 heteroatoms. The summed E-state index contributed by atoms with van der Waals surface area (Å²) in [5.41, 5.74) is 0.992. The van der Waals surface area contributed by atoms with Gasteiger partial charge in [-0.2, -0.15) is 0 Å². The zero-order valence-electron chi connectivity index (χ0n) is 8.85. The Labute approximate surface area is 89.4 Å². The molecule has 2 aliphatic rings. The Hall–Kier alpha value is -0.900. The number of nitrogens with one attached hydrogen (secondary N) is 1. The van der Waals surface area contributed by atoms with Crippen molar-refractivity contribution in [3.63, 3.8) is 0 Å². The molecule has 82 valence electrons. The Morgan fingerprint density at radius 1 is 1.27 bits per heavy atom. The van der Waals surface area contributed by atoms with E-state index in [1.165, 1.54) is 32.1 Å². The lowest BCUT2D eigenvalue weighted by Crippen LogP contribution is -2.41. The van der Waals surface area contributed by atoms with E-state index in [2.05, 4.69) is 15.7 Å². The van der Waals surface area contributed by atoms with Crippen molar-refractivity contribution in [3.8, 4) is 0 Å². The van der Waals surface area contributed by atoms with Crippen LogP contribution in [-0.2, 0) is 0 Å². The van der Waals surface area contributed by atoms with E-state index in [9.17, 15) is 0 Å². The standard InChI is InChI=1S/C11H17N3O/c1-2-4-9-8(3-1)5-6-12-11(9)10-7-15-14-13-10/h7-9,11-12H,1-6H2.